The SMILES string of the molecule is CC(C)(CO)CNc1ncc(N)cn1. The Kier molecular flexibility index (Phi) is 3.24. The number of nitrogens with zero attached hydrogens (tertiary/aromatic N) is 2. The lowest BCUT2D eigenvalue weighted by atomic mass is 9.95. The second-order valence-electron chi connectivity index (χ2n) is 4.02. The summed E-state index contributed by atoms with van der Waals surface area (Å²) in [5.41, 5.74) is 5.81. The van der Waals surface area contributed by atoms with E-state index in [9.17, 15) is 0 Å². The monoisotopic (exact) mass is 196 g/mol. The lowest BCUT2D eigenvalue weighted by molar-refractivity contribution is 0.170. The van der Waals surface area contributed by atoms with Gasteiger partial charge in [0.05, 0.1) is 18.1 Å². The highest BCUT2D eigenvalue weighted by molar-refractivity contribution is 5.35. The number of nitrogens with one attached hydrogen (secondary N) is 1. The van der Waals surface area contributed by atoms with Gasteiger partial charge in [-0.2, -0.15) is 0 Å². The Morgan fingerprint density at radius 3 is 2.50 bits per heavy atom. The van der Waals surface area contributed by atoms with E-state index in [-0.39, 0.29) is 12.0 Å². The summed E-state index contributed by atoms with van der Waals surface area (Å²) in [5.74, 6) is 0.528. The van der Waals surface area contributed by atoms with Crippen LogP contribution in [0.2, 0.25) is 0 Å². The minimum absolute atomic E-state index is 0.120. The van der Waals surface area contributed by atoms with Gasteiger partial charge in [0.25, 0.3) is 0 Å². The number of hydrogen-bond acceptors (Lipinski definition) is 5. The average molecular weight is 196 g/mol. The third kappa shape index (κ3) is 3.18. The highest BCUT2D eigenvalue weighted by atomic mass is 16.3. The Morgan fingerprint density at radius 1 is 1.43 bits per heavy atom. The zero-order valence-corrected chi connectivity index (χ0v) is 8.49. The molecule has 0 spiro atoms. The first-order chi connectivity index (χ1) is 6.53. The molecule has 0 aliphatic carbocycles. The van der Waals surface area contributed by atoms with Crippen molar-refractivity contribution < 1.29 is 5.11 Å². The van der Waals surface area contributed by atoms with E-state index in [1.54, 1.807) is 12.4 Å². The minimum atomic E-state index is -0.176. The fourth-order valence-electron chi connectivity index (χ4n) is 0.804. The van der Waals surface area contributed by atoms with E-state index in [2.05, 4.69) is 15.3 Å². The van der Waals surface area contributed by atoms with Crippen LogP contribution in [0.3, 0.4) is 0 Å². The van der Waals surface area contributed by atoms with Crippen LogP contribution in [-0.2, 0) is 0 Å². The lowest BCUT2D eigenvalue weighted by Gasteiger charge is -2.21. The fourth-order valence-corrected chi connectivity index (χ4v) is 0.804. The van der Waals surface area contributed by atoms with E-state index < -0.39 is 0 Å². The number of anilines is 2. The van der Waals surface area contributed by atoms with Crippen molar-refractivity contribution in [3.63, 3.8) is 0 Å². The van der Waals surface area contributed by atoms with Gasteiger partial charge in [-0.05, 0) is 0 Å². The molecule has 0 aliphatic heterocycles. The second-order valence-corrected chi connectivity index (χ2v) is 4.02. The minimum Gasteiger partial charge on any atom is -0.396 e. The van der Waals surface area contributed by atoms with Crippen LogP contribution in [0.5, 0.6) is 0 Å². The van der Waals surface area contributed by atoms with Gasteiger partial charge in [0.15, 0.2) is 0 Å². The Morgan fingerprint density at radius 2 is 2.00 bits per heavy atom. The topological polar surface area (TPSA) is 84.1 Å². The van der Waals surface area contributed by atoms with Crippen LogP contribution in [0.1, 0.15) is 13.8 Å². The molecule has 0 amide bonds. The van der Waals surface area contributed by atoms with Gasteiger partial charge in [0.1, 0.15) is 0 Å². The number of rotatable bonds is 4. The number of aromatic nitrogens is 2. The van der Waals surface area contributed by atoms with Gasteiger partial charge in [-0.1, -0.05) is 13.8 Å². The molecule has 0 unspecified atom stereocenters. The van der Waals surface area contributed by atoms with Gasteiger partial charge in [0.2, 0.25) is 5.95 Å². The van der Waals surface area contributed by atoms with Crippen molar-refractivity contribution in [1.29, 1.82) is 0 Å². The van der Waals surface area contributed by atoms with Crippen LogP contribution < -0.4 is 11.1 Å². The summed E-state index contributed by atoms with van der Waals surface area (Å²) < 4.78 is 0. The molecule has 0 saturated carbocycles. The Labute approximate surface area is 83.4 Å². The van der Waals surface area contributed by atoms with Crippen LogP contribution in [0.4, 0.5) is 11.6 Å². The molecule has 5 heteroatoms. The predicted octanol–water partition coefficient (Wildman–Crippen LogP) is 0.489. The highest BCUT2D eigenvalue weighted by Gasteiger charge is 2.16. The first-order valence-corrected chi connectivity index (χ1v) is 4.46. The van der Waals surface area contributed by atoms with Crippen molar-refractivity contribution in [2.75, 3.05) is 24.2 Å². The third-order valence-electron chi connectivity index (χ3n) is 1.82. The molecule has 0 saturated heterocycles. The standard InChI is InChI=1S/C9H16N4O/c1-9(2,6-14)5-13-8-11-3-7(10)4-12-8/h3-4,14H,5-6,10H2,1-2H3,(H,11,12,13). The fraction of sp³-hybridized carbons (Fsp3) is 0.556. The molecule has 1 aromatic heterocycles. The maximum absolute atomic E-state index is 9.02. The van der Waals surface area contributed by atoms with Crippen molar-refractivity contribution in [3.8, 4) is 0 Å². The van der Waals surface area contributed by atoms with Crippen LogP contribution in [0.25, 0.3) is 0 Å². The van der Waals surface area contributed by atoms with E-state index in [0.717, 1.165) is 0 Å². The quantitative estimate of drug-likeness (QED) is 0.652. The number of aliphatic hydroxyl groups excluding tert-OH is 1. The molecule has 5 nitrogen and oxygen atoms in total. The van der Waals surface area contributed by atoms with E-state index in [4.69, 9.17) is 10.8 Å². The van der Waals surface area contributed by atoms with E-state index in [1.165, 1.54) is 0 Å². The van der Waals surface area contributed by atoms with Crippen molar-refractivity contribution >= 4 is 11.6 Å². The second kappa shape index (κ2) is 4.23. The van der Waals surface area contributed by atoms with Crippen molar-refractivity contribution in [2.24, 2.45) is 5.41 Å². The zero-order valence-electron chi connectivity index (χ0n) is 8.49. The normalized spacial score (nSPS) is 11.4. The Hall–Kier alpha value is -1.36. The third-order valence-corrected chi connectivity index (χ3v) is 1.82. The van der Waals surface area contributed by atoms with Gasteiger partial charge in [-0.25, -0.2) is 9.97 Å². The van der Waals surface area contributed by atoms with Crippen LogP contribution >= 0.6 is 0 Å². The molecule has 1 aromatic rings. The van der Waals surface area contributed by atoms with Crippen LogP contribution in [-0.4, -0.2) is 28.2 Å². The first kappa shape index (κ1) is 10.7. The average Bonchev–Trinajstić information content (AvgIpc) is 2.17. The van der Waals surface area contributed by atoms with Crippen molar-refractivity contribution in [3.05, 3.63) is 12.4 Å². The molecule has 0 aromatic carbocycles. The van der Waals surface area contributed by atoms with Crippen molar-refractivity contribution in [1.82, 2.24) is 9.97 Å². The molecule has 0 aliphatic rings. The summed E-state index contributed by atoms with van der Waals surface area (Å²) in [6.45, 7) is 4.65. The molecular formula is C9H16N4O. The predicted molar refractivity (Wildman–Crippen MR) is 55.8 cm³/mol. The Bertz CT molecular complexity index is 283. The highest BCUT2D eigenvalue weighted by Crippen LogP contribution is 2.13. The van der Waals surface area contributed by atoms with E-state index in [0.29, 0.717) is 18.2 Å². The number of nitrogen functional groups attached to an aromatic ring is 1. The molecule has 0 atom stereocenters. The first-order valence-electron chi connectivity index (χ1n) is 4.46. The summed E-state index contributed by atoms with van der Waals surface area (Å²) in [7, 11) is 0. The molecule has 1 heterocycles. The molecular weight excluding hydrogens is 180 g/mol. The van der Waals surface area contributed by atoms with Gasteiger partial charge >= 0.3 is 0 Å². The molecule has 0 bridgehead atoms. The molecule has 0 radical (unpaired) electrons. The number of nitrogens with two attached hydrogens (primary N) is 1. The van der Waals surface area contributed by atoms with Crippen molar-refractivity contribution in [2.45, 2.75) is 13.8 Å². The summed E-state index contributed by atoms with van der Waals surface area (Å²) in [5, 5.41) is 12.0. The molecule has 78 valence electrons. The maximum Gasteiger partial charge on any atom is 0.222 e. The molecule has 4 N–H and O–H groups in total. The van der Waals surface area contributed by atoms with Gasteiger partial charge in [0, 0.05) is 18.6 Å². The zero-order chi connectivity index (χ0) is 10.6. The summed E-state index contributed by atoms with van der Waals surface area (Å²) >= 11 is 0. The van der Waals surface area contributed by atoms with Gasteiger partial charge in [-0.3, -0.25) is 0 Å². The maximum atomic E-state index is 9.02. The Balaban J connectivity index is 2.50. The molecule has 14 heavy (non-hydrogen) atoms. The van der Waals surface area contributed by atoms with Crippen LogP contribution in [0, 0.1) is 5.41 Å². The van der Waals surface area contributed by atoms with E-state index >= 15 is 0 Å². The van der Waals surface area contributed by atoms with E-state index in [1.807, 2.05) is 13.8 Å². The molecule has 1 rings (SSSR count). The smallest absolute Gasteiger partial charge is 0.222 e. The molecule has 0 fully saturated rings. The summed E-state index contributed by atoms with van der Waals surface area (Å²) in [6.07, 6.45) is 3.09. The summed E-state index contributed by atoms with van der Waals surface area (Å²) in [4.78, 5) is 7.97. The number of aliphatic hydroxyl groups is 1. The summed E-state index contributed by atoms with van der Waals surface area (Å²) in [6, 6.07) is 0. The number of hydrogen-bond donors (Lipinski definition) is 3. The van der Waals surface area contributed by atoms with Gasteiger partial charge in [-0.15, -0.1) is 0 Å². The van der Waals surface area contributed by atoms with Gasteiger partial charge < -0.3 is 16.2 Å². The van der Waals surface area contributed by atoms with Crippen LogP contribution in [0.15, 0.2) is 12.4 Å². The largest absolute Gasteiger partial charge is 0.396 e. The lowest BCUT2D eigenvalue weighted by Crippen LogP contribution is -2.27.